The number of carbonyl (C=O) groups excluding carboxylic acids is 1. The van der Waals surface area contributed by atoms with Crippen LogP contribution in [-0.2, 0) is 4.79 Å². The molecule has 4 rings (SSSR count). The largest absolute Gasteiger partial charge is 0.392 e. The van der Waals surface area contributed by atoms with Gasteiger partial charge >= 0.3 is 0 Å². The van der Waals surface area contributed by atoms with Gasteiger partial charge < -0.3 is 30.6 Å². The molecular formula is C28H46O7. The summed E-state index contributed by atoms with van der Waals surface area (Å²) in [5.74, 6) is -1.17. The lowest BCUT2D eigenvalue weighted by Gasteiger charge is -2.62. The molecule has 0 saturated heterocycles. The molecule has 0 spiro atoms. The van der Waals surface area contributed by atoms with Gasteiger partial charge in [-0.3, -0.25) is 4.79 Å². The van der Waals surface area contributed by atoms with Crippen molar-refractivity contribution in [2.75, 3.05) is 0 Å². The molecule has 4 aliphatic carbocycles. The van der Waals surface area contributed by atoms with Crippen LogP contribution in [0.1, 0.15) is 80.1 Å². The summed E-state index contributed by atoms with van der Waals surface area (Å²) in [4.78, 5) is 13.3. The summed E-state index contributed by atoms with van der Waals surface area (Å²) in [5.41, 5.74) is -4.14. The summed E-state index contributed by atoms with van der Waals surface area (Å²) in [5, 5.41) is 67.4. The highest BCUT2D eigenvalue weighted by atomic mass is 16.3. The van der Waals surface area contributed by atoms with Crippen molar-refractivity contribution in [2.24, 2.45) is 40.4 Å². The molecule has 200 valence electrons. The number of aliphatic hydroxyl groups is 6. The minimum Gasteiger partial charge on any atom is -0.392 e. The number of fused-ring (bicyclic) bond motifs is 5. The van der Waals surface area contributed by atoms with Crippen LogP contribution in [0.15, 0.2) is 11.6 Å². The molecule has 7 nitrogen and oxygen atoms in total. The minimum absolute atomic E-state index is 0.136. The summed E-state index contributed by atoms with van der Waals surface area (Å²) >= 11 is 0. The van der Waals surface area contributed by atoms with Crippen molar-refractivity contribution in [3.05, 3.63) is 11.6 Å². The molecule has 0 aromatic rings. The van der Waals surface area contributed by atoms with E-state index >= 15 is 0 Å². The molecule has 6 N–H and O–H groups in total. The second-order valence-corrected chi connectivity index (χ2v) is 13.5. The first-order chi connectivity index (χ1) is 16.0. The maximum atomic E-state index is 13.3. The Hall–Kier alpha value is -0.830. The zero-order valence-electron chi connectivity index (χ0n) is 22.1. The van der Waals surface area contributed by atoms with Gasteiger partial charge in [-0.15, -0.1) is 0 Å². The van der Waals surface area contributed by atoms with Crippen molar-refractivity contribution in [1.82, 2.24) is 0 Å². The molecule has 0 aliphatic heterocycles. The van der Waals surface area contributed by atoms with Gasteiger partial charge in [0.25, 0.3) is 0 Å². The van der Waals surface area contributed by atoms with Gasteiger partial charge in [-0.05, 0) is 80.3 Å². The van der Waals surface area contributed by atoms with Gasteiger partial charge in [-0.1, -0.05) is 34.6 Å². The van der Waals surface area contributed by atoms with Crippen LogP contribution in [0.5, 0.6) is 0 Å². The molecule has 35 heavy (non-hydrogen) atoms. The van der Waals surface area contributed by atoms with Gasteiger partial charge in [0.15, 0.2) is 5.78 Å². The quantitative estimate of drug-likeness (QED) is 0.343. The fourth-order valence-electron chi connectivity index (χ4n) is 8.52. The lowest BCUT2D eigenvalue weighted by molar-refractivity contribution is -0.197. The van der Waals surface area contributed by atoms with Crippen molar-refractivity contribution < 1.29 is 35.4 Å². The second kappa shape index (κ2) is 8.60. The third kappa shape index (κ3) is 3.79. The van der Waals surface area contributed by atoms with Crippen molar-refractivity contribution in [3.63, 3.8) is 0 Å². The molecule has 7 heteroatoms. The summed E-state index contributed by atoms with van der Waals surface area (Å²) in [6.45, 7) is 11.6. The highest BCUT2D eigenvalue weighted by Gasteiger charge is 2.71. The fourth-order valence-corrected chi connectivity index (χ4v) is 8.52. The molecule has 0 radical (unpaired) electrons. The van der Waals surface area contributed by atoms with Gasteiger partial charge in [-0.2, -0.15) is 0 Å². The number of hydrogen-bond donors (Lipinski definition) is 6. The van der Waals surface area contributed by atoms with E-state index in [4.69, 9.17) is 0 Å². The van der Waals surface area contributed by atoms with Gasteiger partial charge in [0.05, 0.1) is 35.6 Å². The SMILES string of the molecule is CC(C)C(C)C[C@@H](O)[C@](C)(O)[C@H]1CC[C@@]2(O)C3=CC(=O)[C@@H]4C[C@@H](O)[C@@H](O)C[C@]4(C)[C@H]3[C@H](O)C[C@]12C. The average Bonchev–Trinajstić information content (AvgIpc) is 3.01. The van der Waals surface area contributed by atoms with Crippen molar-refractivity contribution in [2.45, 2.75) is 116 Å². The van der Waals surface area contributed by atoms with E-state index in [9.17, 15) is 35.4 Å². The smallest absolute Gasteiger partial charge is 0.159 e. The van der Waals surface area contributed by atoms with Crippen LogP contribution in [0.4, 0.5) is 0 Å². The number of ketones is 1. The Morgan fingerprint density at radius 2 is 1.71 bits per heavy atom. The van der Waals surface area contributed by atoms with E-state index in [1.54, 1.807) is 6.92 Å². The predicted molar refractivity (Wildman–Crippen MR) is 131 cm³/mol. The third-order valence-electron chi connectivity index (χ3n) is 11.2. The zero-order chi connectivity index (χ0) is 26.3. The Balaban J connectivity index is 1.72. The zero-order valence-corrected chi connectivity index (χ0v) is 22.1. The van der Waals surface area contributed by atoms with E-state index in [0.29, 0.717) is 30.8 Å². The van der Waals surface area contributed by atoms with E-state index in [1.165, 1.54) is 6.08 Å². The summed E-state index contributed by atoms with van der Waals surface area (Å²) in [6.07, 6.45) is -0.636. The average molecular weight is 495 g/mol. The molecule has 0 aromatic heterocycles. The number of carbonyl (C=O) groups is 1. The monoisotopic (exact) mass is 494 g/mol. The predicted octanol–water partition coefficient (Wildman–Crippen LogP) is 1.96. The van der Waals surface area contributed by atoms with Crippen LogP contribution in [0, 0.1) is 40.4 Å². The van der Waals surface area contributed by atoms with Crippen molar-refractivity contribution in [3.8, 4) is 0 Å². The van der Waals surface area contributed by atoms with E-state index in [0.717, 1.165) is 0 Å². The number of rotatable bonds is 5. The van der Waals surface area contributed by atoms with Crippen LogP contribution in [0.3, 0.4) is 0 Å². The molecule has 0 bridgehead atoms. The molecule has 3 fully saturated rings. The van der Waals surface area contributed by atoms with Gasteiger partial charge in [-0.25, -0.2) is 0 Å². The Kier molecular flexibility index (Phi) is 6.69. The van der Waals surface area contributed by atoms with Gasteiger partial charge in [0.2, 0.25) is 0 Å². The van der Waals surface area contributed by atoms with E-state index < -0.39 is 64.2 Å². The van der Waals surface area contributed by atoms with Gasteiger partial charge in [0.1, 0.15) is 0 Å². The first kappa shape index (κ1) is 27.2. The van der Waals surface area contributed by atoms with Crippen molar-refractivity contribution >= 4 is 5.78 Å². The normalized spacial score (nSPS) is 48.9. The van der Waals surface area contributed by atoms with Crippen molar-refractivity contribution in [1.29, 1.82) is 0 Å². The minimum atomic E-state index is -1.48. The lowest BCUT2D eigenvalue weighted by Crippen LogP contribution is -2.66. The van der Waals surface area contributed by atoms with Crippen LogP contribution in [-0.4, -0.2) is 72.0 Å². The molecule has 4 aliphatic rings. The maximum absolute atomic E-state index is 13.3. The van der Waals surface area contributed by atoms with E-state index in [1.807, 2.05) is 13.8 Å². The molecule has 0 amide bonds. The topological polar surface area (TPSA) is 138 Å². The van der Waals surface area contributed by atoms with Crippen LogP contribution in [0.25, 0.3) is 0 Å². The standard InChI is InChI=1S/C28H46O7/c1-14(2)15(3)9-23(33)27(6,34)22-7-8-28(35)17-11-18(29)16-10-19(30)20(31)12-25(16,4)24(17)21(32)13-26(22,28)5/h11,14-16,19-24,30-35H,7-10,12-13H2,1-6H3/t15?,16-,19+,20-,21+,22-,23+,24+,25-,26+,27+,28+/m0/s1. The maximum Gasteiger partial charge on any atom is 0.159 e. The Bertz CT molecular complexity index is 883. The lowest BCUT2D eigenvalue weighted by atomic mass is 9.44. The summed E-state index contributed by atoms with van der Waals surface area (Å²) < 4.78 is 0. The molecule has 0 heterocycles. The van der Waals surface area contributed by atoms with Crippen LogP contribution in [0.2, 0.25) is 0 Å². The number of hydrogen-bond acceptors (Lipinski definition) is 7. The van der Waals surface area contributed by atoms with E-state index in [2.05, 4.69) is 20.8 Å². The first-order valence-corrected chi connectivity index (χ1v) is 13.4. The highest BCUT2D eigenvalue weighted by Crippen LogP contribution is 2.68. The molecular weight excluding hydrogens is 448 g/mol. The Labute approximate surface area is 209 Å². The molecule has 12 atom stereocenters. The molecule has 0 aromatic carbocycles. The third-order valence-corrected chi connectivity index (χ3v) is 11.2. The van der Waals surface area contributed by atoms with Crippen LogP contribution < -0.4 is 0 Å². The van der Waals surface area contributed by atoms with Gasteiger partial charge in [0, 0.05) is 17.3 Å². The Morgan fingerprint density at radius 1 is 1.09 bits per heavy atom. The summed E-state index contributed by atoms with van der Waals surface area (Å²) in [6, 6.07) is 0. The van der Waals surface area contributed by atoms with Crippen LogP contribution >= 0.6 is 0 Å². The summed E-state index contributed by atoms with van der Waals surface area (Å²) in [7, 11) is 0. The molecule has 1 unspecified atom stereocenters. The fraction of sp³-hybridized carbons (Fsp3) is 0.893. The second-order valence-electron chi connectivity index (χ2n) is 13.5. The first-order valence-electron chi connectivity index (χ1n) is 13.4. The Morgan fingerprint density at radius 3 is 2.31 bits per heavy atom. The van der Waals surface area contributed by atoms with E-state index in [-0.39, 0.29) is 31.0 Å². The highest BCUT2D eigenvalue weighted by molar-refractivity contribution is 5.95. The number of allylic oxidation sites excluding steroid dienone is 1. The number of aliphatic hydroxyl groups excluding tert-OH is 4. The molecule has 3 saturated carbocycles.